The SMILES string of the molecule is CCCN(CCO)C(=O)Nc1nnc(C(C)(C)c2ccccc2)s1. The highest BCUT2D eigenvalue weighted by molar-refractivity contribution is 7.15. The van der Waals surface area contributed by atoms with Crippen LogP contribution in [0.5, 0.6) is 0 Å². The third-order valence-electron chi connectivity index (χ3n) is 3.82. The molecule has 1 aromatic heterocycles. The second-order valence-corrected chi connectivity index (χ2v) is 7.02. The molecule has 0 saturated heterocycles. The molecule has 24 heavy (non-hydrogen) atoms. The Hall–Kier alpha value is -1.99. The Bertz CT molecular complexity index is 652. The Balaban J connectivity index is 2.11. The van der Waals surface area contributed by atoms with E-state index >= 15 is 0 Å². The van der Waals surface area contributed by atoms with Crippen LogP contribution in [0.15, 0.2) is 30.3 Å². The Morgan fingerprint density at radius 2 is 1.96 bits per heavy atom. The van der Waals surface area contributed by atoms with Crippen LogP contribution >= 0.6 is 11.3 Å². The zero-order valence-electron chi connectivity index (χ0n) is 14.3. The molecule has 0 aliphatic heterocycles. The van der Waals surface area contributed by atoms with E-state index in [4.69, 9.17) is 5.11 Å². The first-order valence-electron chi connectivity index (χ1n) is 8.05. The van der Waals surface area contributed by atoms with Crippen molar-refractivity contribution in [3.05, 3.63) is 40.9 Å². The van der Waals surface area contributed by atoms with Gasteiger partial charge in [-0.15, -0.1) is 10.2 Å². The average Bonchev–Trinajstić information content (AvgIpc) is 3.04. The Morgan fingerprint density at radius 3 is 2.58 bits per heavy atom. The van der Waals surface area contributed by atoms with Crippen LogP contribution in [0.2, 0.25) is 0 Å². The number of nitrogens with one attached hydrogen (secondary N) is 1. The predicted molar refractivity (Wildman–Crippen MR) is 96.4 cm³/mol. The lowest BCUT2D eigenvalue weighted by molar-refractivity contribution is 0.188. The van der Waals surface area contributed by atoms with Gasteiger partial charge in [0.1, 0.15) is 5.01 Å². The molecular weight excluding hydrogens is 324 g/mol. The van der Waals surface area contributed by atoms with E-state index in [2.05, 4.69) is 41.5 Å². The zero-order valence-corrected chi connectivity index (χ0v) is 15.1. The second kappa shape index (κ2) is 8.21. The molecule has 0 unspecified atom stereocenters. The van der Waals surface area contributed by atoms with Crippen molar-refractivity contribution in [1.82, 2.24) is 15.1 Å². The number of nitrogens with zero attached hydrogens (tertiary/aromatic N) is 3. The molecule has 0 spiro atoms. The molecule has 7 heteroatoms. The fourth-order valence-electron chi connectivity index (χ4n) is 2.38. The fourth-order valence-corrected chi connectivity index (χ4v) is 3.24. The van der Waals surface area contributed by atoms with Crippen molar-refractivity contribution in [3.63, 3.8) is 0 Å². The highest BCUT2D eigenvalue weighted by Gasteiger charge is 2.28. The predicted octanol–water partition coefficient (Wildman–Crippen LogP) is 3.10. The zero-order chi connectivity index (χ0) is 17.6. The smallest absolute Gasteiger partial charge is 0.323 e. The topological polar surface area (TPSA) is 78.4 Å². The van der Waals surface area contributed by atoms with Crippen molar-refractivity contribution < 1.29 is 9.90 Å². The van der Waals surface area contributed by atoms with Crippen molar-refractivity contribution in [1.29, 1.82) is 0 Å². The van der Waals surface area contributed by atoms with Crippen LogP contribution in [0, 0.1) is 0 Å². The summed E-state index contributed by atoms with van der Waals surface area (Å²) in [5.41, 5.74) is 0.864. The molecule has 0 bridgehead atoms. The minimum Gasteiger partial charge on any atom is -0.395 e. The molecule has 0 fully saturated rings. The van der Waals surface area contributed by atoms with E-state index in [1.807, 2.05) is 25.1 Å². The van der Waals surface area contributed by atoms with Gasteiger partial charge in [0, 0.05) is 18.5 Å². The van der Waals surface area contributed by atoms with E-state index in [1.54, 1.807) is 4.90 Å². The largest absolute Gasteiger partial charge is 0.395 e. The van der Waals surface area contributed by atoms with Gasteiger partial charge in [0.15, 0.2) is 0 Å². The molecule has 130 valence electrons. The van der Waals surface area contributed by atoms with E-state index < -0.39 is 0 Å². The molecule has 2 rings (SSSR count). The summed E-state index contributed by atoms with van der Waals surface area (Å²) >= 11 is 1.37. The van der Waals surface area contributed by atoms with Gasteiger partial charge in [-0.3, -0.25) is 5.32 Å². The number of amides is 2. The van der Waals surface area contributed by atoms with E-state index in [0.29, 0.717) is 18.2 Å². The molecule has 1 aromatic carbocycles. The number of hydrogen-bond donors (Lipinski definition) is 2. The van der Waals surface area contributed by atoms with E-state index in [0.717, 1.165) is 17.0 Å². The maximum atomic E-state index is 12.3. The van der Waals surface area contributed by atoms with Gasteiger partial charge < -0.3 is 10.0 Å². The lowest BCUT2D eigenvalue weighted by atomic mass is 9.85. The van der Waals surface area contributed by atoms with Gasteiger partial charge in [-0.2, -0.15) is 0 Å². The lowest BCUT2D eigenvalue weighted by Crippen LogP contribution is -2.37. The van der Waals surface area contributed by atoms with Crippen molar-refractivity contribution in [2.24, 2.45) is 0 Å². The number of rotatable bonds is 7. The van der Waals surface area contributed by atoms with Crippen molar-refractivity contribution >= 4 is 22.5 Å². The summed E-state index contributed by atoms with van der Waals surface area (Å²) in [4.78, 5) is 13.8. The number of aliphatic hydroxyl groups excluding tert-OH is 1. The number of carbonyl (C=O) groups is 1. The van der Waals surface area contributed by atoms with Crippen LogP contribution in [-0.4, -0.2) is 45.9 Å². The molecular formula is C17H24N4O2S. The quantitative estimate of drug-likeness (QED) is 0.806. The van der Waals surface area contributed by atoms with Crippen LogP contribution in [0.3, 0.4) is 0 Å². The number of aliphatic hydroxyl groups is 1. The van der Waals surface area contributed by atoms with Gasteiger partial charge in [-0.25, -0.2) is 4.79 Å². The molecule has 2 aromatic rings. The summed E-state index contributed by atoms with van der Waals surface area (Å²) in [5, 5.41) is 21.5. The molecule has 2 N–H and O–H groups in total. The number of aromatic nitrogens is 2. The van der Waals surface area contributed by atoms with Gasteiger partial charge in [-0.05, 0) is 25.8 Å². The van der Waals surface area contributed by atoms with Gasteiger partial charge in [0.05, 0.1) is 6.61 Å². The van der Waals surface area contributed by atoms with Crippen LogP contribution < -0.4 is 5.32 Å². The first kappa shape index (κ1) is 18.4. The number of carbonyl (C=O) groups excluding carboxylic acids is 1. The van der Waals surface area contributed by atoms with Gasteiger partial charge in [-0.1, -0.05) is 48.6 Å². The summed E-state index contributed by atoms with van der Waals surface area (Å²) in [7, 11) is 0. The maximum absolute atomic E-state index is 12.3. The highest BCUT2D eigenvalue weighted by Crippen LogP contribution is 2.34. The van der Waals surface area contributed by atoms with Crippen LogP contribution in [0.4, 0.5) is 9.93 Å². The Morgan fingerprint density at radius 1 is 1.25 bits per heavy atom. The van der Waals surface area contributed by atoms with Crippen molar-refractivity contribution in [2.75, 3.05) is 25.0 Å². The standard InChI is InChI=1S/C17H24N4O2S/c1-4-10-21(11-12-22)16(23)18-15-20-19-14(24-15)17(2,3)13-8-6-5-7-9-13/h5-9,22H,4,10-12H2,1-3H3,(H,18,20,23). The van der Waals surface area contributed by atoms with E-state index in [1.165, 1.54) is 11.3 Å². The second-order valence-electron chi connectivity index (χ2n) is 6.04. The highest BCUT2D eigenvalue weighted by atomic mass is 32.1. The minimum absolute atomic E-state index is 0.0597. The number of benzene rings is 1. The van der Waals surface area contributed by atoms with Crippen LogP contribution in [0.1, 0.15) is 37.8 Å². The summed E-state index contributed by atoms with van der Waals surface area (Å²) in [5.74, 6) is 0. The monoisotopic (exact) mass is 348 g/mol. The molecule has 2 amide bonds. The summed E-state index contributed by atoms with van der Waals surface area (Å²) in [6.07, 6.45) is 0.829. The van der Waals surface area contributed by atoms with Gasteiger partial charge in [0.25, 0.3) is 0 Å². The summed E-state index contributed by atoms with van der Waals surface area (Å²) < 4.78 is 0. The number of anilines is 1. The molecule has 0 atom stereocenters. The third-order valence-corrected chi connectivity index (χ3v) is 4.98. The molecule has 6 nitrogen and oxygen atoms in total. The van der Waals surface area contributed by atoms with Crippen molar-refractivity contribution in [3.8, 4) is 0 Å². The number of urea groups is 1. The lowest BCUT2D eigenvalue weighted by Gasteiger charge is -2.22. The van der Waals surface area contributed by atoms with E-state index in [9.17, 15) is 4.79 Å². The maximum Gasteiger partial charge on any atom is 0.323 e. The third kappa shape index (κ3) is 4.30. The fraction of sp³-hybridized carbons (Fsp3) is 0.471. The molecule has 1 heterocycles. The minimum atomic E-state index is -0.282. The van der Waals surface area contributed by atoms with Gasteiger partial charge in [0.2, 0.25) is 5.13 Å². The van der Waals surface area contributed by atoms with Gasteiger partial charge >= 0.3 is 6.03 Å². The molecule has 0 aliphatic carbocycles. The normalized spacial score (nSPS) is 11.3. The number of hydrogen-bond acceptors (Lipinski definition) is 5. The summed E-state index contributed by atoms with van der Waals surface area (Å²) in [6.45, 7) is 7.00. The molecule has 0 saturated carbocycles. The van der Waals surface area contributed by atoms with E-state index in [-0.39, 0.29) is 18.1 Å². The summed E-state index contributed by atoms with van der Waals surface area (Å²) in [6, 6.07) is 9.84. The Kier molecular flexibility index (Phi) is 6.28. The molecule has 0 radical (unpaired) electrons. The first-order valence-corrected chi connectivity index (χ1v) is 8.87. The van der Waals surface area contributed by atoms with Crippen molar-refractivity contribution in [2.45, 2.75) is 32.6 Å². The first-order chi connectivity index (χ1) is 11.5. The Labute approximate surface area is 146 Å². The van der Waals surface area contributed by atoms with Crippen LogP contribution in [0.25, 0.3) is 0 Å². The average molecular weight is 348 g/mol. The molecule has 0 aliphatic rings. The van der Waals surface area contributed by atoms with Crippen LogP contribution in [-0.2, 0) is 5.41 Å².